The summed E-state index contributed by atoms with van der Waals surface area (Å²) in [7, 11) is 3.96. The molecule has 0 heterocycles. The molecule has 0 spiro atoms. The van der Waals surface area contributed by atoms with Gasteiger partial charge in [0.15, 0.2) is 0 Å². The monoisotopic (exact) mass is 225 g/mol. The Morgan fingerprint density at radius 2 is 2.00 bits per heavy atom. The molecule has 1 unspecified atom stereocenters. The summed E-state index contributed by atoms with van der Waals surface area (Å²) in [6.07, 6.45) is 6.39. The van der Waals surface area contributed by atoms with Crippen LogP contribution in [0.25, 0.3) is 0 Å². The van der Waals surface area contributed by atoms with Gasteiger partial charge in [0, 0.05) is 26.1 Å². The van der Waals surface area contributed by atoms with Crippen LogP contribution in [0, 0.1) is 12.3 Å². The summed E-state index contributed by atoms with van der Waals surface area (Å²) < 4.78 is 0. The predicted molar refractivity (Wildman–Crippen MR) is 66.9 cm³/mol. The predicted octanol–water partition coefficient (Wildman–Crippen LogP) is 0.137. The van der Waals surface area contributed by atoms with Gasteiger partial charge in [0.05, 0.1) is 6.04 Å². The highest BCUT2D eigenvalue weighted by molar-refractivity contribution is 5.82. The lowest BCUT2D eigenvalue weighted by molar-refractivity contribution is -0.132. The van der Waals surface area contributed by atoms with Crippen molar-refractivity contribution < 1.29 is 4.79 Å². The normalized spacial score (nSPS) is 12.2. The second-order valence-corrected chi connectivity index (χ2v) is 4.14. The molecule has 0 radical (unpaired) electrons. The van der Waals surface area contributed by atoms with Crippen LogP contribution in [0.3, 0.4) is 0 Å². The Morgan fingerprint density at radius 1 is 1.38 bits per heavy atom. The van der Waals surface area contributed by atoms with E-state index in [4.69, 9.17) is 12.2 Å². The average Bonchev–Trinajstić information content (AvgIpc) is 2.23. The first-order valence-corrected chi connectivity index (χ1v) is 5.65. The number of rotatable bonds is 7. The molecule has 16 heavy (non-hydrogen) atoms. The molecule has 4 nitrogen and oxygen atoms in total. The smallest absolute Gasteiger partial charge is 0.240 e. The lowest BCUT2D eigenvalue weighted by atomic mass is 10.2. The minimum Gasteiger partial charge on any atom is -0.340 e. The number of hydrogen-bond donors (Lipinski definition) is 1. The van der Waals surface area contributed by atoms with Crippen molar-refractivity contribution in [1.29, 1.82) is 0 Å². The van der Waals surface area contributed by atoms with E-state index in [1.165, 1.54) is 0 Å². The van der Waals surface area contributed by atoms with Gasteiger partial charge in [0.25, 0.3) is 0 Å². The van der Waals surface area contributed by atoms with E-state index in [0.29, 0.717) is 13.0 Å². The fourth-order valence-corrected chi connectivity index (χ4v) is 1.37. The van der Waals surface area contributed by atoms with E-state index < -0.39 is 6.04 Å². The minimum atomic E-state index is -0.557. The van der Waals surface area contributed by atoms with Gasteiger partial charge in [-0.2, -0.15) is 0 Å². The Hall–Kier alpha value is -1.05. The zero-order valence-electron chi connectivity index (χ0n) is 10.6. The maximum absolute atomic E-state index is 11.9. The van der Waals surface area contributed by atoms with Crippen molar-refractivity contribution in [2.45, 2.75) is 25.8 Å². The Bertz CT molecular complexity index is 245. The van der Waals surface area contributed by atoms with Gasteiger partial charge in [-0.3, -0.25) is 4.79 Å². The van der Waals surface area contributed by atoms with E-state index >= 15 is 0 Å². The van der Waals surface area contributed by atoms with Gasteiger partial charge >= 0.3 is 0 Å². The number of amides is 1. The minimum absolute atomic E-state index is 0.0401. The van der Waals surface area contributed by atoms with Gasteiger partial charge in [0.1, 0.15) is 0 Å². The van der Waals surface area contributed by atoms with Crippen LogP contribution in [0.1, 0.15) is 19.8 Å². The van der Waals surface area contributed by atoms with Crippen LogP contribution in [0.15, 0.2) is 0 Å². The van der Waals surface area contributed by atoms with Crippen LogP contribution >= 0.6 is 0 Å². The SMILES string of the molecule is C#CCC(N)C(=O)N(CCC)CCN(C)C. The molecule has 0 saturated heterocycles. The lowest BCUT2D eigenvalue weighted by Crippen LogP contribution is -2.46. The standard InChI is InChI=1S/C12H23N3O/c1-5-7-11(13)12(16)15(8-6-2)10-9-14(3)4/h1,11H,6-10,13H2,2-4H3. The molecule has 4 heteroatoms. The van der Waals surface area contributed by atoms with Gasteiger partial charge in [0.2, 0.25) is 5.91 Å². The Morgan fingerprint density at radius 3 is 2.44 bits per heavy atom. The third kappa shape index (κ3) is 5.74. The van der Waals surface area contributed by atoms with Crippen LogP contribution in [0.2, 0.25) is 0 Å². The molecule has 0 fully saturated rings. The van der Waals surface area contributed by atoms with Gasteiger partial charge < -0.3 is 15.5 Å². The quantitative estimate of drug-likeness (QED) is 0.627. The van der Waals surface area contributed by atoms with Gasteiger partial charge in [-0.25, -0.2) is 0 Å². The molecule has 0 aromatic rings. The highest BCUT2D eigenvalue weighted by atomic mass is 16.2. The number of nitrogens with zero attached hydrogens (tertiary/aromatic N) is 2. The summed E-state index contributed by atoms with van der Waals surface area (Å²) in [6.45, 7) is 4.33. The van der Waals surface area contributed by atoms with E-state index in [9.17, 15) is 4.79 Å². The van der Waals surface area contributed by atoms with Crippen LogP contribution in [-0.2, 0) is 4.79 Å². The van der Waals surface area contributed by atoms with Crippen molar-refractivity contribution in [2.75, 3.05) is 33.7 Å². The van der Waals surface area contributed by atoms with Crippen LogP contribution in [0.5, 0.6) is 0 Å². The molecule has 0 aliphatic carbocycles. The fourth-order valence-electron chi connectivity index (χ4n) is 1.37. The number of nitrogens with two attached hydrogens (primary N) is 1. The maximum Gasteiger partial charge on any atom is 0.240 e. The molecule has 0 bridgehead atoms. The Balaban J connectivity index is 4.28. The first kappa shape index (κ1) is 14.9. The van der Waals surface area contributed by atoms with Crippen LogP contribution in [-0.4, -0.2) is 55.5 Å². The maximum atomic E-state index is 11.9. The third-order valence-electron chi connectivity index (χ3n) is 2.28. The number of carbonyl (C=O) groups excluding carboxylic acids is 1. The summed E-state index contributed by atoms with van der Waals surface area (Å²) in [4.78, 5) is 15.8. The van der Waals surface area contributed by atoms with E-state index in [1.807, 2.05) is 25.9 Å². The first-order valence-electron chi connectivity index (χ1n) is 5.65. The number of likely N-dealkylation sites (N-methyl/N-ethyl adjacent to an activating group) is 1. The summed E-state index contributed by atoms with van der Waals surface area (Å²) in [6, 6.07) is -0.557. The molecule has 0 aliphatic rings. The second-order valence-electron chi connectivity index (χ2n) is 4.14. The van der Waals surface area contributed by atoms with Crippen molar-refractivity contribution in [3.63, 3.8) is 0 Å². The van der Waals surface area contributed by atoms with Crippen LogP contribution < -0.4 is 5.73 Å². The zero-order chi connectivity index (χ0) is 12.6. The largest absolute Gasteiger partial charge is 0.340 e. The molecule has 0 aromatic carbocycles. The first-order chi connectivity index (χ1) is 7.52. The fraction of sp³-hybridized carbons (Fsp3) is 0.750. The van der Waals surface area contributed by atoms with Crippen LogP contribution in [0.4, 0.5) is 0 Å². The second kappa shape index (κ2) is 8.14. The molecule has 0 rings (SSSR count). The van der Waals surface area contributed by atoms with Crippen molar-refractivity contribution in [2.24, 2.45) is 5.73 Å². The molecule has 92 valence electrons. The van der Waals surface area contributed by atoms with E-state index in [1.54, 1.807) is 4.90 Å². The molecule has 2 N–H and O–H groups in total. The Kier molecular flexibility index (Phi) is 7.61. The number of hydrogen-bond acceptors (Lipinski definition) is 3. The van der Waals surface area contributed by atoms with Gasteiger partial charge in [-0.1, -0.05) is 6.92 Å². The molecule has 1 amide bonds. The molecular weight excluding hydrogens is 202 g/mol. The lowest BCUT2D eigenvalue weighted by Gasteiger charge is -2.26. The number of carbonyl (C=O) groups is 1. The van der Waals surface area contributed by atoms with Crippen molar-refractivity contribution in [3.05, 3.63) is 0 Å². The summed E-state index contributed by atoms with van der Waals surface area (Å²) in [5.74, 6) is 2.39. The zero-order valence-corrected chi connectivity index (χ0v) is 10.6. The third-order valence-corrected chi connectivity index (χ3v) is 2.28. The highest BCUT2D eigenvalue weighted by Gasteiger charge is 2.19. The average molecular weight is 225 g/mol. The Labute approximate surface area is 98.8 Å². The van der Waals surface area contributed by atoms with Gasteiger partial charge in [-0.15, -0.1) is 12.3 Å². The van der Waals surface area contributed by atoms with E-state index in [-0.39, 0.29) is 5.91 Å². The highest BCUT2D eigenvalue weighted by Crippen LogP contribution is 1.99. The summed E-state index contributed by atoms with van der Waals surface area (Å²) >= 11 is 0. The topological polar surface area (TPSA) is 49.6 Å². The molecule has 0 aromatic heterocycles. The number of terminal acetylenes is 1. The molecular formula is C12H23N3O. The molecule has 1 atom stereocenters. The van der Waals surface area contributed by atoms with Crippen molar-refractivity contribution >= 4 is 5.91 Å². The van der Waals surface area contributed by atoms with Crippen molar-refractivity contribution in [1.82, 2.24) is 9.80 Å². The van der Waals surface area contributed by atoms with E-state index in [0.717, 1.165) is 19.5 Å². The van der Waals surface area contributed by atoms with Gasteiger partial charge in [-0.05, 0) is 20.5 Å². The summed E-state index contributed by atoms with van der Waals surface area (Å²) in [5, 5.41) is 0. The molecule has 0 saturated carbocycles. The summed E-state index contributed by atoms with van der Waals surface area (Å²) in [5.41, 5.74) is 5.72. The molecule has 0 aliphatic heterocycles. The van der Waals surface area contributed by atoms with Crippen molar-refractivity contribution in [3.8, 4) is 12.3 Å². The van der Waals surface area contributed by atoms with E-state index in [2.05, 4.69) is 5.92 Å².